The quantitative estimate of drug-likeness (QED) is 0.186. The molecule has 5 aromatic carbocycles. The van der Waals surface area contributed by atoms with Crippen molar-refractivity contribution in [1.82, 2.24) is 9.97 Å². The SMILES string of the molecule is CC(c1ccccc1)c1cnc(-c2cc(-c3cccc4oc(-c5cc(C(C)(C)C)cc(C(C)(C)C)c5O)nc34)cc(C(C)(C)C)c2)cc1-c1ccccc1. The third-order valence-electron chi connectivity index (χ3n) is 10.6. The molecule has 0 aliphatic heterocycles. The summed E-state index contributed by atoms with van der Waals surface area (Å²) in [6, 6.07) is 40.5. The number of fused-ring (bicyclic) bond motifs is 1. The van der Waals surface area contributed by atoms with Crippen molar-refractivity contribution in [3.8, 4) is 50.7 Å². The van der Waals surface area contributed by atoms with E-state index in [2.05, 4.69) is 172 Å². The second-order valence-corrected chi connectivity index (χ2v) is 17.8. The van der Waals surface area contributed by atoms with Crippen LogP contribution in [0.3, 0.4) is 0 Å². The lowest BCUT2D eigenvalue weighted by atomic mass is 9.79. The van der Waals surface area contributed by atoms with E-state index in [1.54, 1.807) is 0 Å². The highest BCUT2D eigenvalue weighted by Gasteiger charge is 2.28. The number of oxazole rings is 1. The Hall–Kier alpha value is -5.48. The lowest BCUT2D eigenvalue weighted by Crippen LogP contribution is -2.17. The smallest absolute Gasteiger partial charge is 0.231 e. The molecule has 0 radical (unpaired) electrons. The van der Waals surface area contributed by atoms with Gasteiger partial charge in [0.1, 0.15) is 11.3 Å². The van der Waals surface area contributed by atoms with Gasteiger partial charge in [0, 0.05) is 28.8 Å². The van der Waals surface area contributed by atoms with Crippen LogP contribution in [0.5, 0.6) is 5.75 Å². The molecule has 0 bridgehead atoms. The predicted molar refractivity (Wildman–Crippen MR) is 225 cm³/mol. The van der Waals surface area contributed by atoms with Crippen molar-refractivity contribution in [1.29, 1.82) is 0 Å². The zero-order valence-electron chi connectivity index (χ0n) is 33.4. The van der Waals surface area contributed by atoms with E-state index >= 15 is 0 Å². The third-order valence-corrected chi connectivity index (χ3v) is 10.6. The molecule has 1 N–H and O–H groups in total. The molecule has 7 aromatic rings. The van der Waals surface area contributed by atoms with Crippen molar-refractivity contribution < 1.29 is 9.52 Å². The number of aromatic hydroxyl groups is 1. The van der Waals surface area contributed by atoms with Gasteiger partial charge in [-0.3, -0.25) is 4.98 Å². The molecule has 0 aliphatic rings. The highest BCUT2D eigenvalue weighted by molar-refractivity contribution is 5.94. The van der Waals surface area contributed by atoms with Crippen molar-refractivity contribution in [2.75, 3.05) is 0 Å². The molecule has 54 heavy (non-hydrogen) atoms. The van der Waals surface area contributed by atoms with Crippen LogP contribution in [0.2, 0.25) is 0 Å². The molecule has 0 spiro atoms. The van der Waals surface area contributed by atoms with Crippen LogP contribution in [-0.4, -0.2) is 15.1 Å². The number of phenolic OH excluding ortho intramolecular Hbond substituents is 1. The zero-order valence-corrected chi connectivity index (χ0v) is 33.4. The molecule has 1 unspecified atom stereocenters. The molecule has 7 rings (SSSR count). The summed E-state index contributed by atoms with van der Waals surface area (Å²) in [5, 5.41) is 11.7. The van der Waals surface area contributed by atoms with Crippen LogP contribution in [0, 0.1) is 0 Å². The number of hydrogen-bond acceptors (Lipinski definition) is 4. The van der Waals surface area contributed by atoms with E-state index in [9.17, 15) is 5.11 Å². The van der Waals surface area contributed by atoms with E-state index in [1.807, 2.05) is 18.2 Å². The molecule has 4 heteroatoms. The zero-order chi connectivity index (χ0) is 38.6. The van der Waals surface area contributed by atoms with Crippen molar-refractivity contribution >= 4 is 11.1 Å². The van der Waals surface area contributed by atoms with Gasteiger partial charge in [-0.1, -0.05) is 154 Å². The number of rotatable bonds is 6. The van der Waals surface area contributed by atoms with Crippen LogP contribution in [0.15, 0.2) is 126 Å². The van der Waals surface area contributed by atoms with Gasteiger partial charge in [-0.15, -0.1) is 0 Å². The van der Waals surface area contributed by atoms with Crippen LogP contribution in [0.4, 0.5) is 0 Å². The summed E-state index contributed by atoms with van der Waals surface area (Å²) in [5.74, 6) is 0.795. The summed E-state index contributed by atoms with van der Waals surface area (Å²) in [6.07, 6.45) is 2.06. The lowest BCUT2D eigenvalue weighted by Gasteiger charge is -2.27. The topological polar surface area (TPSA) is 59.2 Å². The fraction of sp³-hybridized carbons (Fsp3) is 0.280. The van der Waals surface area contributed by atoms with E-state index in [0.29, 0.717) is 17.0 Å². The number of para-hydroxylation sites is 1. The Balaban J connectivity index is 1.40. The van der Waals surface area contributed by atoms with Crippen molar-refractivity contribution in [2.45, 2.75) is 91.4 Å². The fourth-order valence-electron chi connectivity index (χ4n) is 7.22. The highest BCUT2D eigenvalue weighted by atomic mass is 16.3. The Morgan fingerprint density at radius 2 is 1.20 bits per heavy atom. The number of nitrogens with zero attached hydrogens (tertiary/aromatic N) is 2. The first-order valence-corrected chi connectivity index (χ1v) is 19.0. The minimum atomic E-state index is -0.271. The second kappa shape index (κ2) is 13.7. The summed E-state index contributed by atoms with van der Waals surface area (Å²) in [6.45, 7) is 21.9. The Bertz CT molecular complexity index is 2450. The van der Waals surface area contributed by atoms with Gasteiger partial charge >= 0.3 is 0 Å². The number of pyridine rings is 1. The first kappa shape index (κ1) is 36.9. The minimum Gasteiger partial charge on any atom is -0.507 e. The number of phenols is 1. The normalized spacial score (nSPS) is 13.0. The first-order chi connectivity index (χ1) is 25.5. The molecule has 274 valence electrons. The van der Waals surface area contributed by atoms with Gasteiger partial charge in [-0.05, 0) is 85.5 Å². The molecule has 0 saturated heterocycles. The Morgan fingerprint density at radius 1 is 0.574 bits per heavy atom. The van der Waals surface area contributed by atoms with E-state index < -0.39 is 0 Å². The molecular formula is C50H52N2O2. The van der Waals surface area contributed by atoms with Crippen LogP contribution in [-0.2, 0) is 16.2 Å². The van der Waals surface area contributed by atoms with Gasteiger partial charge in [-0.2, -0.15) is 0 Å². The van der Waals surface area contributed by atoms with Gasteiger partial charge in [0.15, 0.2) is 5.58 Å². The van der Waals surface area contributed by atoms with Gasteiger partial charge < -0.3 is 9.52 Å². The standard InChI is InChI=1S/C50H52N2O2/c1-31(32-18-13-11-14-19-32)41-30-51-43(29-39(41)33-20-15-12-16-21-33)35-24-34(25-36(26-35)48(2,3)4)38-22-17-23-44-45(38)52-47(54-44)40-27-37(49(5,6)7)28-42(46(40)53)50(8,9)10/h11-31,53H,1-10H3. The Kier molecular flexibility index (Phi) is 9.38. The number of hydrogen-bond donors (Lipinski definition) is 1. The molecule has 4 nitrogen and oxygen atoms in total. The summed E-state index contributed by atoms with van der Waals surface area (Å²) in [4.78, 5) is 10.3. The average Bonchev–Trinajstić information content (AvgIpc) is 3.58. The third kappa shape index (κ3) is 7.22. The molecule has 2 heterocycles. The van der Waals surface area contributed by atoms with Crippen LogP contribution in [0.25, 0.3) is 56.1 Å². The second-order valence-electron chi connectivity index (χ2n) is 17.8. The summed E-state index contributed by atoms with van der Waals surface area (Å²) < 4.78 is 6.50. The van der Waals surface area contributed by atoms with Crippen molar-refractivity contribution in [3.05, 3.63) is 149 Å². The maximum atomic E-state index is 11.7. The van der Waals surface area contributed by atoms with E-state index in [0.717, 1.165) is 39.0 Å². The van der Waals surface area contributed by atoms with Gasteiger partial charge in [-0.25, -0.2) is 4.98 Å². The van der Waals surface area contributed by atoms with Crippen molar-refractivity contribution in [3.63, 3.8) is 0 Å². The molecule has 1 atom stereocenters. The highest BCUT2D eigenvalue weighted by Crippen LogP contribution is 2.44. The molecule has 2 aromatic heterocycles. The van der Waals surface area contributed by atoms with E-state index in [-0.39, 0.29) is 27.9 Å². The van der Waals surface area contributed by atoms with E-state index in [1.165, 1.54) is 27.8 Å². The lowest BCUT2D eigenvalue weighted by molar-refractivity contribution is 0.444. The Labute approximate surface area is 321 Å². The summed E-state index contributed by atoms with van der Waals surface area (Å²) in [7, 11) is 0. The van der Waals surface area contributed by atoms with Crippen molar-refractivity contribution in [2.24, 2.45) is 0 Å². The summed E-state index contributed by atoms with van der Waals surface area (Å²) in [5.41, 5.74) is 13.5. The molecule has 0 fully saturated rings. The van der Waals surface area contributed by atoms with Crippen LogP contribution >= 0.6 is 0 Å². The molecular weight excluding hydrogens is 661 g/mol. The Morgan fingerprint density at radius 3 is 1.85 bits per heavy atom. The molecule has 0 amide bonds. The fourth-order valence-corrected chi connectivity index (χ4v) is 7.22. The summed E-state index contributed by atoms with van der Waals surface area (Å²) >= 11 is 0. The molecule has 0 saturated carbocycles. The largest absolute Gasteiger partial charge is 0.507 e. The van der Waals surface area contributed by atoms with Gasteiger partial charge in [0.05, 0.1) is 11.3 Å². The first-order valence-electron chi connectivity index (χ1n) is 19.0. The minimum absolute atomic E-state index is 0.125. The van der Waals surface area contributed by atoms with Gasteiger partial charge in [0.25, 0.3) is 0 Å². The van der Waals surface area contributed by atoms with Crippen LogP contribution in [0.1, 0.15) is 103 Å². The maximum Gasteiger partial charge on any atom is 0.231 e. The number of benzene rings is 5. The van der Waals surface area contributed by atoms with E-state index in [4.69, 9.17) is 14.4 Å². The monoisotopic (exact) mass is 712 g/mol. The predicted octanol–water partition coefficient (Wildman–Crippen LogP) is 13.6. The van der Waals surface area contributed by atoms with Gasteiger partial charge in [0.2, 0.25) is 5.89 Å². The number of aromatic nitrogens is 2. The van der Waals surface area contributed by atoms with Crippen LogP contribution < -0.4 is 0 Å². The molecule has 0 aliphatic carbocycles. The average molecular weight is 713 g/mol. The maximum absolute atomic E-state index is 11.7.